The SMILES string of the molecule is CCn1ccc2c1C(=O)CCNC2=O. The molecule has 1 N–H and O–H groups in total. The molecule has 0 spiro atoms. The highest BCUT2D eigenvalue weighted by Crippen LogP contribution is 2.15. The van der Waals surface area contributed by atoms with E-state index in [0.29, 0.717) is 30.8 Å². The van der Waals surface area contributed by atoms with Gasteiger partial charge in [-0.3, -0.25) is 9.59 Å². The van der Waals surface area contributed by atoms with E-state index in [4.69, 9.17) is 0 Å². The Morgan fingerprint density at radius 2 is 2.29 bits per heavy atom. The summed E-state index contributed by atoms with van der Waals surface area (Å²) in [5.74, 6) is -0.0942. The molecule has 0 saturated carbocycles. The summed E-state index contributed by atoms with van der Waals surface area (Å²) in [5.41, 5.74) is 1.07. The third-order valence-electron chi connectivity index (χ3n) is 2.45. The van der Waals surface area contributed by atoms with Crippen LogP contribution in [0.4, 0.5) is 0 Å². The average molecular weight is 192 g/mol. The molecule has 4 heteroatoms. The Labute approximate surface area is 81.9 Å². The molecular formula is C10H12N2O2. The van der Waals surface area contributed by atoms with Gasteiger partial charge in [0.2, 0.25) is 0 Å². The van der Waals surface area contributed by atoms with Crippen molar-refractivity contribution < 1.29 is 9.59 Å². The Hall–Kier alpha value is -1.58. The van der Waals surface area contributed by atoms with Crippen molar-refractivity contribution in [3.8, 4) is 0 Å². The van der Waals surface area contributed by atoms with Gasteiger partial charge in [0, 0.05) is 25.7 Å². The number of nitrogens with zero attached hydrogens (tertiary/aromatic N) is 1. The number of aryl methyl sites for hydroxylation is 1. The molecule has 74 valence electrons. The highest BCUT2D eigenvalue weighted by Gasteiger charge is 2.23. The zero-order valence-electron chi connectivity index (χ0n) is 8.04. The van der Waals surface area contributed by atoms with Crippen LogP contribution in [0.5, 0.6) is 0 Å². The number of carbonyl (C=O) groups excluding carboxylic acids is 2. The number of aromatic nitrogens is 1. The van der Waals surface area contributed by atoms with Crippen molar-refractivity contribution in [1.82, 2.24) is 9.88 Å². The summed E-state index contributed by atoms with van der Waals surface area (Å²) in [6, 6.07) is 1.71. The summed E-state index contributed by atoms with van der Waals surface area (Å²) < 4.78 is 1.82. The summed E-state index contributed by atoms with van der Waals surface area (Å²) in [5, 5.41) is 2.70. The van der Waals surface area contributed by atoms with Crippen LogP contribution in [0.2, 0.25) is 0 Å². The van der Waals surface area contributed by atoms with Crippen molar-refractivity contribution in [3.05, 3.63) is 23.5 Å². The molecule has 2 rings (SSSR count). The number of hydrogen-bond acceptors (Lipinski definition) is 2. The molecule has 0 fully saturated rings. The van der Waals surface area contributed by atoms with Crippen molar-refractivity contribution in [1.29, 1.82) is 0 Å². The average Bonchev–Trinajstić information content (AvgIpc) is 2.55. The molecule has 1 aliphatic rings. The normalized spacial score (nSPS) is 16.1. The van der Waals surface area contributed by atoms with Gasteiger partial charge in [-0.05, 0) is 13.0 Å². The van der Waals surface area contributed by atoms with Crippen molar-refractivity contribution in [2.45, 2.75) is 19.9 Å². The molecule has 0 atom stereocenters. The Kier molecular flexibility index (Phi) is 2.11. The summed E-state index contributed by atoms with van der Waals surface area (Å²) in [4.78, 5) is 23.2. The van der Waals surface area contributed by atoms with E-state index in [1.54, 1.807) is 12.3 Å². The van der Waals surface area contributed by atoms with E-state index in [0.717, 1.165) is 0 Å². The van der Waals surface area contributed by atoms with Crippen molar-refractivity contribution >= 4 is 11.7 Å². The summed E-state index contributed by atoms with van der Waals surface area (Å²) in [6.45, 7) is 3.11. The molecule has 1 aromatic rings. The molecule has 4 nitrogen and oxygen atoms in total. The Morgan fingerprint density at radius 3 is 3.00 bits per heavy atom. The number of nitrogens with one attached hydrogen (secondary N) is 1. The number of fused-ring (bicyclic) bond motifs is 1. The fraction of sp³-hybridized carbons (Fsp3) is 0.400. The van der Waals surface area contributed by atoms with Gasteiger partial charge in [-0.25, -0.2) is 0 Å². The first kappa shape index (κ1) is 8.99. The second-order valence-electron chi connectivity index (χ2n) is 3.29. The fourth-order valence-corrected chi connectivity index (χ4v) is 1.73. The van der Waals surface area contributed by atoms with Gasteiger partial charge >= 0.3 is 0 Å². The maximum atomic E-state index is 11.7. The van der Waals surface area contributed by atoms with Crippen LogP contribution in [-0.4, -0.2) is 22.8 Å². The van der Waals surface area contributed by atoms with E-state index >= 15 is 0 Å². The maximum absolute atomic E-state index is 11.7. The van der Waals surface area contributed by atoms with Gasteiger partial charge in [0.25, 0.3) is 5.91 Å². The number of carbonyl (C=O) groups is 2. The molecule has 0 saturated heterocycles. The van der Waals surface area contributed by atoms with Gasteiger partial charge < -0.3 is 9.88 Å². The first-order valence-electron chi connectivity index (χ1n) is 4.74. The van der Waals surface area contributed by atoms with Gasteiger partial charge in [0.1, 0.15) is 0 Å². The Balaban J connectivity index is 2.56. The Bertz CT molecular complexity index is 393. The molecule has 1 aliphatic heterocycles. The smallest absolute Gasteiger partial charge is 0.253 e. The van der Waals surface area contributed by atoms with Crippen LogP contribution in [-0.2, 0) is 6.54 Å². The Morgan fingerprint density at radius 1 is 1.50 bits per heavy atom. The summed E-state index contributed by atoms with van der Waals surface area (Å²) in [7, 11) is 0. The van der Waals surface area contributed by atoms with Crippen molar-refractivity contribution in [2.75, 3.05) is 6.54 Å². The third kappa shape index (κ3) is 1.23. The lowest BCUT2D eigenvalue weighted by Crippen LogP contribution is -2.22. The summed E-state index contributed by atoms with van der Waals surface area (Å²) in [6.07, 6.45) is 2.18. The molecule has 0 aromatic carbocycles. The lowest BCUT2D eigenvalue weighted by atomic mass is 10.1. The van der Waals surface area contributed by atoms with E-state index in [2.05, 4.69) is 5.32 Å². The molecule has 1 aromatic heterocycles. The van der Waals surface area contributed by atoms with Crippen LogP contribution in [0, 0.1) is 0 Å². The van der Waals surface area contributed by atoms with Crippen molar-refractivity contribution in [2.24, 2.45) is 0 Å². The summed E-state index contributed by atoms with van der Waals surface area (Å²) >= 11 is 0. The van der Waals surface area contributed by atoms with Gasteiger partial charge in [-0.15, -0.1) is 0 Å². The number of ketones is 1. The van der Waals surface area contributed by atoms with E-state index < -0.39 is 0 Å². The molecule has 0 bridgehead atoms. The first-order valence-corrected chi connectivity index (χ1v) is 4.74. The number of hydrogen-bond donors (Lipinski definition) is 1. The highest BCUT2D eigenvalue weighted by molar-refractivity contribution is 6.08. The minimum absolute atomic E-state index is 0.0465. The predicted molar refractivity (Wildman–Crippen MR) is 51.4 cm³/mol. The minimum atomic E-state index is -0.141. The van der Waals surface area contributed by atoms with Gasteiger partial charge in [-0.2, -0.15) is 0 Å². The zero-order valence-corrected chi connectivity index (χ0v) is 8.04. The molecular weight excluding hydrogens is 180 g/mol. The number of amides is 1. The van der Waals surface area contributed by atoms with E-state index in [1.165, 1.54) is 0 Å². The van der Waals surface area contributed by atoms with E-state index in [1.807, 2.05) is 11.5 Å². The topological polar surface area (TPSA) is 51.1 Å². The molecule has 2 heterocycles. The fourth-order valence-electron chi connectivity index (χ4n) is 1.73. The third-order valence-corrected chi connectivity index (χ3v) is 2.45. The molecule has 1 amide bonds. The monoisotopic (exact) mass is 192 g/mol. The van der Waals surface area contributed by atoms with Gasteiger partial charge in [0.05, 0.1) is 11.3 Å². The van der Waals surface area contributed by atoms with E-state index in [-0.39, 0.29) is 11.7 Å². The number of rotatable bonds is 1. The lowest BCUT2D eigenvalue weighted by Gasteiger charge is -2.03. The van der Waals surface area contributed by atoms with Crippen molar-refractivity contribution in [3.63, 3.8) is 0 Å². The van der Waals surface area contributed by atoms with Gasteiger partial charge in [-0.1, -0.05) is 0 Å². The van der Waals surface area contributed by atoms with Gasteiger partial charge in [0.15, 0.2) is 5.78 Å². The second-order valence-corrected chi connectivity index (χ2v) is 3.29. The van der Waals surface area contributed by atoms with E-state index in [9.17, 15) is 9.59 Å². The van der Waals surface area contributed by atoms with Crippen LogP contribution in [0.15, 0.2) is 12.3 Å². The standard InChI is InChI=1S/C10H12N2O2/c1-2-12-6-4-7-9(12)8(13)3-5-11-10(7)14/h4,6H,2-3,5H2,1H3,(H,11,14). The highest BCUT2D eigenvalue weighted by atomic mass is 16.2. The minimum Gasteiger partial charge on any atom is -0.352 e. The maximum Gasteiger partial charge on any atom is 0.253 e. The molecule has 14 heavy (non-hydrogen) atoms. The molecule has 0 aliphatic carbocycles. The number of Topliss-reactive ketones (excluding diaryl/α,β-unsaturated/α-hetero) is 1. The van der Waals surface area contributed by atoms with Crippen LogP contribution >= 0.6 is 0 Å². The van der Waals surface area contributed by atoms with Crippen LogP contribution < -0.4 is 5.32 Å². The van der Waals surface area contributed by atoms with Crippen LogP contribution in [0.3, 0.4) is 0 Å². The predicted octanol–water partition coefficient (Wildman–Crippen LogP) is 0.824. The lowest BCUT2D eigenvalue weighted by molar-refractivity contribution is 0.0956. The van der Waals surface area contributed by atoms with Crippen LogP contribution in [0.1, 0.15) is 34.2 Å². The second kappa shape index (κ2) is 3.29. The molecule has 0 unspecified atom stereocenters. The zero-order chi connectivity index (χ0) is 10.1. The molecule has 0 radical (unpaired) electrons. The first-order chi connectivity index (χ1) is 6.74. The van der Waals surface area contributed by atoms with Crippen LogP contribution in [0.25, 0.3) is 0 Å². The largest absolute Gasteiger partial charge is 0.352 e. The quantitative estimate of drug-likeness (QED) is 0.716.